The molecule has 0 saturated carbocycles. The number of hydrogen-bond acceptors (Lipinski definition) is 2. The third-order valence-electron chi connectivity index (χ3n) is 2.47. The highest BCUT2D eigenvalue weighted by Gasteiger charge is 2.39. The van der Waals surface area contributed by atoms with Gasteiger partial charge in [-0.25, -0.2) is 13.6 Å². The topological polar surface area (TPSA) is 57.5 Å². The second-order valence-corrected chi connectivity index (χ2v) is 3.81. The van der Waals surface area contributed by atoms with E-state index in [1.54, 1.807) is 0 Å². The fourth-order valence-corrected chi connectivity index (χ4v) is 1.29. The lowest BCUT2D eigenvalue weighted by molar-refractivity contribution is -0.153. The van der Waals surface area contributed by atoms with E-state index in [1.807, 2.05) is 0 Å². The first-order valence-corrected chi connectivity index (χ1v) is 4.62. The van der Waals surface area contributed by atoms with Crippen LogP contribution in [0.5, 0.6) is 0 Å². The van der Waals surface area contributed by atoms with Crippen molar-refractivity contribution in [3.8, 4) is 0 Å². The average molecular weight is 230 g/mol. The maximum absolute atomic E-state index is 13.2. The molecule has 0 aromatic heterocycles. The zero-order valence-electron chi connectivity index (χ0n) is 8.87. The van der Waals surface area contributed by atoms with Gasteiger partial charge >= 0.3 is 5.97 Å². The van der Waals surface area contributed by atoms with Crippen molar-refractivity contribution in [1.29, 1.82) is 0 Å². The minimum Gasteiger partial charge on any atom is -0.479 e. The molecule has 1 rings (SSSR count). The highest BCUT2D eigenvalue weighted by atomic mass is 19.1. The molecular formula is C11H12F2O3. The Morgan fingerprint density at radius 3 is 2.50 bits per heavy atom. The van der Waals surface area contributed by atoms with E-state index in [0.29, 0.717) is 5.56 Å². The van der Waals surface area contributed by atoms with Crippen LogP contribution in [0.2, 0.25) is 0 Å². The van der Waals surface area contributed by atoms with Gasteiger partial charge in [-0.2, -0.15) is 0 Å². The van der Waals surface area contributed by atoms with Gasteiger partial charge in [0.25, 0.3) is 0 Å². The number of aliphatic hydroxyl groups is 1. The van der Waals surface area contributed by atoms with E-state index in [-0.39, 0.29) is 5.56 Å². The number of carbonyl (C=O) groups is 1. The summed E-state index contributed by atoms with van der Waals surface area (Å²) in [5.74, 6) is -2.40. The summed E-state index contributed by atoms with van der Waals surface area (Å²) >= 11 is 0. The Morgan fingerprint density at radius 2 is 2.06 bits per heavy atom. The molecule has 0 saturated heterocycles. The van der Waals surface area contributed by atoms with E-state index < -0.39 is 23.6 Å². The van der Waals surface area contributed by atoms with Gasteiger partial charge in [-0.15, -0.1) is 0 Å². The van der Waals surface area contributed by atoms with Crippen LogP contribution in [0.3, 0.4) is 0 Å². The van der Waals surface area contributed by atoms with Gasteiger partial charge in [0.15, 0.2) is 0 Å². The van der Waals surface area contributed by atoms with Crippen LogP contribution in [0.4, 0.5) is 8.78 Å². The van der Waals surface area contributed by atoms with Gasteiger partial charge < -0.3 is 10.2 Å². The molecule has 2 N–H and O–H groups in total. The molecule has 0 amide bonds. The molecule has 2 atom stereocenters. The van der Waals surface area contributed by atoms with E-state index in [4.69, 9.17) is 5.11 Å². The minimum absolute atomic E-state index is 0.106. The smallest absolute Gasteiger partial charge is 0.341 e. The van der Waals surface area contributed by atoms with Gasteiger partial charge in [0.2, 0.25) is 6.17 Å². The van der Waals surface area contributed by atoms with Gasteiger partial charge in [-0.3, -0.25) is 0 Å². The van der Waals surface area contributed by atoms with Crippen LogP contribution >= 0.6 is 0 Å². The molecule has 5 heteroatoms. The second-order valence-electron chi connectivity index (χ2n) is 3.81. The molecule has 0 aliphatic rings. The second kappa shape index (κ2) is 4.17. The van der Waals surface area contributed by atoms with Crippen molar-refractivity contribution >= 4 is 5.97 Å². The lowest BCUT2D eigenvalue weighted by Gasteiger charge is -2.25. The first kappa shape index (κ1) is 12.6. The number of carboxylic acids is 1. The van der Waals surface area contributed by atoms with E-state index in [2.05, 4.69) is 0 Å². The van der Waals surface area contributed by atoms with Crippen LogP contribution in [0.1, 0.15) is 18.1 Å². The Kier molecular flexibility index (Phi) is 3.28. The molecule has 0 aliphatic carbocycles. The van der Waals surface area contributed by atoms with Crippen molar-refractivity contribution in [2.45, 2.75) is 25.6 Å². The van der Waals surface area contributed by atoms with Crippen LogP contribution in [0.15, 0.2) is 18.2 Å². The number of aryl methyl sites for hydroxylation is 1. The third-order valence-corrected chi connectivity index (χ3v) is 2.47. The van der Waals surface area contributed by atoms with E-state index in [9.17, 15) is 18.7 Å². The first-order valence-electron chi connectivity index (χ1n) is 4.62. The molecule has 1 aromatic carbocycles. The molecule has 0 heterocycles. The summed E-state index contributed by atoms with van der Waals surface area (Å²) in [5, 5.41) is 18.2. The minimum atomic E-state index is -2.50. The number of benzene rings is 1. The Morgan fingerprint density at radius 1 is 1.50 bits per heavy atom. The number of halogens is 2. The zero-order chi connectivity index (χ0) is 12.5. The van der Waals surface area contributed by atoms with E-state index in [0.717, 1.165) is 13.0 Å². The van der Waals surface area contributed by atoms with Crippen molar-refractivity contribution in [2.24, 2.45) is 0 Å². The Hall–Kier alpha value is -1.49. The van der Waals surface area contributed by atoms with Gasteiger partial charge in [0.1, 0.15) is 11.4 Å². The number of carboxylic acid groups (broad SMARTS) is 1. The lowest BCUT2D eigenvalue weighted by Crippen LogP contribution is -2.39. The van der Waals surface area contributed by atoms with E-state index in [1.165, 1.54) is 19.1 Å². The lowest BCUT2D eigenvalue weighted by atomic mass is 9.90. The van der Waals surface area contributed by atoms with Gasteiger partial charge in [0, 0.05) is 0 Å². The van der Waals surface area contributed by atoms with Crippen LogP contribution in [-0.2, 0) is 10.4 Å². The molecule has 88 valence electrons. The SMILES string of the molecule is Cc1ccc(C(C)(O)C(F)C(=O)O)cc1F. The predicted molar refractivity (Wildman–Crippen MR) is 53.2 cm³/mol. The van der Waals surface area contributed by atoms with Crippen LogP contribution in [-0.4, -0.2) is 22.4 Å². The molecule has 0 radical (unpaired) electrons. The van der Waals surface area contributed by atoms with E-state index >= 15 is 0 Å². The predicted octanol–water partition coefficient (Wildman–Crippen LogP) is 1.76. The average Bonchev–Trinajstić information content (AvgIpc) is 2.20. The summed E-state index contributed by atoms with van der Waals surface area (Å²) in [6, 6.07) is 3.59. The largest absolute Gasteiger partial charge is 0.479 e. The van der Waals surface area contributed by atoms with Crippen LogP contribution < -0.4 is 0 Å². The Bertz CT molecular complexity index is 416. The summed E-state index contributed by atoms with van der Waals surface area (Å²) in [5.41, 5.74) is -2.02. The molecule has 2 unspecified atom stereocenters. The van der Waals surface area contributed by atoms with Crippen molar-refractivity contribution in [2.75, 3.05) is 0 Å². The molecule has 3 nitrogen and oxygen atoms in total. The Labute approximate surface area is 91.3 Å². The van der Waals surface area contributed by atoms with Gasteiger partial charge in [-0.1, -0.05) is 12.1 Å². The number of hydrogen-bond donors (Lipinski definition) is 2. The molecule has 0 bridgehead atoms. The molecule has 1 aromatic rings. The highest BCUT2D eigenvalue weighted by Crippen LogP contribution is 2.28. The van der Waals surface area contributed by atoms with Crippen molar-refractivity contribution in [3.05, 3.63) is 35.1 Å². The summed E-state index contributed by atoms with van der Waals surface area (Å²) < 4.78 is 26.4. The molecular weight excluding hydrogens is 218 g/mol. The monoisotopic (exact) mass is 230 g/mol. The Balaban J connectivity index is 3.16. The molecule has 0 aliphatic heterocycles. The number of aliphatic carboxylic acids is 1. The zero-order valence-corrected chi connectivity index (χ0v) is 8.87. The van der Waals surface area contributed by atoms with Crippen molar-refractivity contribution in [3.63, 3.8) is 0 Å². The standard InChI is InChI=1S/C11H12F2O3/c1-6-3-4-7(5-8(6)12)11(2,16)9(13)10(14)15/h3-5,9,16H,1-2H3,(H,14,15). The van der Waals surface area contributed by atoms with Crippen LogP contribution in [0, 0.1) is 12.7 Å². The summed E-state index contributed by atoms with van der Waals surface area (Å²) in [4.78, 5) is 10.4. The fraction of sp³-hybridized carbons (Fsp3) is 0.364. The number of rotatable bonds is 3. The maximum atomic E-state index is 13.2. The first-order chi connectivity index (χ1) is 7.26. The van der Waals surface area contributed by atoms with Gasteiger partial charge in [0.05, 0.1) is 0 Å². The molecule has 0 fully saturated rings. The molecule has 0 spiro atoms. The summed E-state index contributed by atoms with van der Waals surface area (Å²) in [7, 11) is 0. The van der Waals surface area contributed by atoms with Crippen molar-refractivity contribution in [1.82, 2.24) is 0 Å². The van der Waals surface area contributed by atoms with Gasteiger partial charge in [-0.05, 0) is 31.0 Å². The number of alkyl halides is 1. The molecule has 16 heavy (non-hydrogen) atoms. The van der Waals surface area contributed by atoms with Crippen molar-refractivity contribution < 1.29 is 23.8 Å². The van der Waals surface area contributed by atoms with Crippen LogP contribution in [0.25, 0.3) is 0 Å². The summed E-state index contributed by atoms with van der Waals surface area (Å²) in [6.07, 6.45) is -2.50. The fourth-order valence-electron chi connectivity index (χ4n) is 1.29. The third kappa shape index (κ3) is 2.19. The quantitative estimate of drug-likeness (QED) is 0.831. The summed E-state index contributed by atoms with van der Waals surface area (Å²) in [6.45, 7) is 2.51. The maximum Gasteiger partial charge on any atom is 0.341 e. The highest BCUT2D eigenvalue weighted by molar-refractivity contribution is 5.74. The normalized spacial score (nSPS) is 16.6.